The second kappa shape index (κ2) is 6.20. The normalized spacial score (nSPS) is 12.0. The summed E-state index contributed by atoms with van der Waals surface area (Å²) in [5, 5.41) is 20.6. The van der Waals surface area contributed by atoms with Crippen LogP contribution >= 0.6 is 0 Å². The molecule has 1 N–H and O–H groups in total. The van der Waals surface area contributed by atoms with Crippen LogP contribution in [0.3, 0.4) is 0 Å². The topological polar surface area (TPSA) is 81.8 Å². The molecule has 1 atom stereocenters. The van der Waals surface area contributed by atoms with Crippen LogP contribution in [0.5, 0.6) is 11.5 Å². The summed E-state index contributed by atoms with van der Waals surface area (Å²) in [5.41, 5.74) is 0.368. The molecule has 0 radical (unpaired) electrons. The first-order valence-corrected chi connectivity index (χ1v) is 5.60. The van der Waals surface area contributed by atoms with Crippen LogP contribution in [0.4, 0.5) is 5.69 Å². The first-order valence-electron chi connectivity index (χ1n) is 5.60. The van der Waals surface area contributed by atoms with Crippen molar-refractivity contribution in [1.82, 2.24) is 0 Å². The van der Waals surface area contributed by atoms with Gasteiger partial charge < -0.3 is 14.6 Å². The molecule has 0 bridgehead atoms. The number of hydrogen-bond donors (Lipinski definition) is 1. The Morgan fingerprint density at radius 1 is 1.33 bits per heavy atom. The summed E-state index contributed by atoms with van der Waals surface area (Å²) < 4.78 is 10.1. The number of ether oxygens (including phenoxy) is 2. The van der Waals surface area contributed by atoms with Crippen LogP contribution in [0.15, 0.2) is 12.1 Å². The number of nitro groups is 1. The average molecular weight is 255 g/mol. The van der Waals surface area contributed by atoms with Gasteiger partial charge in [-0.1, -0.05) is 6.92 Å². The molecule has 100 valence electrons. The quantitative estimate of drug-likeness (QED) is 0.620. The summed E-state index contributed by atoms with van der Waals surface area (Å²) >= 11 is 0. The van der Waals surface area contributed by atoms with Gasteiger partial charge in [0.05, 0.1) is 31.3 Å². The van der Waals surface area contributed by atoms with E-state index >= 15 is 0 Å². The molecule has 0 aromatic heterocycles. The largest absolute Gasteiger partial charge is 0.493 e. The van der Waals surface area contributed by atoms with Gasteiger partial charge in [-0.3, -0.25) is 10.1 Å². The predicted molar refractivity (Wildman–Crippen MR) is 66.2 cm³/mol. The molecule has 0 aliphatic heterocycles. The van der Waals surface area contributed by atoms with Crippen LogP contribution in [0, 0.1) is 10.1 Å². The molecule has 6 heteroatoms. The third-order valence-corrected chi connectivity index (χ3v) is 2.71. The Kier molecular flexibility index (Phi) is 4.91. The molecular formula is C12H17NO5. The van der Waals surface area contributed by atoms with Crippen molar-refractivity contribution < 1.29 is 19.5 Å². The molecule has 0 fully saturated rings. The van der Waals surface area contributed by atoms with Gasteiger partial charge >= 0.3 is 0 Å². The fourth-order valence-electron chi connectivity index (χ4n) is 1.64. The highest BCUT2D eigenvalue weighted by molar-refractivity contribution is 5.54. The molecule has 18 heavy (non-hydrogen) atoms. The zero-order valence-electron chi connectivity index (χ0n) is 10.7. The lowest BCUT2D eigenvalue weighted by Crippen LogP contribution is -2.10. The molecular weight excluding hydrogens is 238 g/mol. The number of hydrogen-bond acceptors (Lipinski definition) is 5. The maximum absolute atomic E-state index is 11.0. The highest BCUT2D eigenvalue weighted by atomic mass is 16.6. The van der Waals surface area contributed by atoms with Gasteiger partial charge in [0.2, 0.25) is 0 Å². The number of benzene rings is 1. The van der Waals surface area contributed by atoms with Gasteiger partial charge in [0.25, 0.3) is 5.69 Å². The molecule has 0 amide bonds. The lowest BCUT2D eigenvalue weighted by atomic mass is 10.0. The summed E-state index contributed by atoms with van der Waals surface area (Å²) in [4.78, 5) is 10.5. The molecule has 0 saturated heterocycles. The van der Waals surface area contributed by atoms with Crippen molar-refractivity contribution in [3.05, 3.63) is 27.8 Å². The van der Waals surface area contributed by atoms with E-state index in [2.05, 4.69) is 0 Å². The van der Waals surface area contributed by atoms with E-state index in [-0.39, 0.29) is 12.1 Å². The van der Waals surface area contributed by atoms with Crippen LogP contribution in [-0.4, -0.2) is 30.4 Å². The maximum atomic E-state index is 11.0. The van der Waals surface area contributed by atoms with Crippen molar-refractivity contribution in [3.8, 4) is 11.5 Å². The van der Waals surface area contributed by atoms with Crippen molar-refractivity contribution in [2.75, 3.05) is 14.2 Å². The van der Waals surface area contributed by atoms with Crippen molar-refractivity contribution in [2.45, 2.75) is 25.9 Å². The number of aliphatic hydroxyl groups excluding tert-OH is 1. The minimum atomic E-state index is -0.609. The summed E-state index contributed by atoms with van der Waals surface area (Å²) in [7, 11) is 2.88. The van der Waals surface area contributed by atoms with Crippen molar-refractivity contribution >= 4 is 5.69 Å². The van der Waals surface area contributed by atoms with E-state index in [9.17, 15) is 15.2 Å². The van der Waals surface area contributed by atoms with E-state index in [1.54, 1.807) is 0 Å². The number of aliphatic hydroxyl groups is 1. The Morgan fingerprint density at radius 3 is 2.33 bits per heavy atom. The molecule has 1 rings (SSSR count). The summed E-state index contributed by atoms with van der Waals surface area (Å²) in [5.74, 6) is 0.723. The summed E-state index contributed by atoms with van der Waals surface area (Å²) in [6.45, 7) is 1.82. The monoisotopic (exact) mass is 255 g/mol. The fourth-order valence-corrected chi connectivity index (χ4v) is 1.64. The number of nitro benzene ring substituents is 1. The highest BCUT2D eigenvalue weighted by Crippen LogP contribution is 2.35. The summed E-state index contributed by atoms with van der Waals surface area (Å²) in [6.07, 6.45) is 0.139. The van der Waals surface area contributed by atoms with Gasteiger partial charge in [0, 0.05) is 12.0 Å². The van der Waals surface area contributed by atoms with Gasteiger partial charge in [0.1, 0.15) is 0 Å². The third-order valence-electron chi connectivity index (χ3n) is 2.71. The minimum absolute atomic E-state index is 0.0693. The Bertz CT molecular complexity index is 433. The number of rotatable bonds is 6. The van der Waals surface area contributed by atoms with Crippen LogP contribution in [0.25, 0.3) is 0 Å². The van der Waals surface area contributed by atoms with Crippen LogP contribution < -0.4 is 9.47 Å². The van der Waals surface area contributed by atoms with Crippen molar-refractivity contribution in [3.63, 3.8) is 0 Å². The minimum Gasteiger partial charge on any atom is -0.493 e. The lowest BCUT2D eigenvalue weighted by Gasteiger charge is -2.12. The van der Waals surface area contributed by atoms with Crippen LogP contribution in [0.1, 0.15) is 18.9 Å². The van der Waals surface area contributed by atoms with Gasteiger partial charge in [-0.05, 0) is 12.5 Å². The molecule has 0 spiro atoms. The van der Waals surface area contributed by atoms with Gasteiger partial charge in [-0.2, -0.15) is 0 Å². The summed E-state index contributed by atoms with van der Waals surface area (Å²) in [6, 6.07) is 2.85. The SMILES string of the molecule is CCC(O)Cc1cc(OC)c(OC)cc1[N+](=O)[O-]. The second-order valence-electron chi connectivity index (χ2n) is 3.86. The molecule has 6 nitrogen and oxygen atoms in total. The van der Waals surface area contributed by atoms with Gasteiger partial charge in [0.15, 0.2) is 11.5 Å². The van der Waals surface area contributed by atoms with Crippen LogP contribution in [0.2, 0.25) is 0 Å². The Labute approximate surface area is 105 Å². The zero-order chi connectivity index (χ0) is 13.7. The second-order valence-corrected chi connectivity index (χ2v) is 3.86. The standard InChI is InChI=1S/C12H17NO5/c1-4-9(14)5-8-6-11(17-2)12(18-3)7-10(8)13(15)16/h6-7,9,14H,4-5H2,1-3H3. The molecule has 1 unspecified atom stereocenters. The Balaban J connectivity index is 3.24. The molecule has 0 aliphatic rings. The Morgan fingerprint density at radius 2 is 1.89 bits per heavy atom. The third kappa shape index (κ3) is 3.10. The van der Waals surface area contributed by atoms with Crippen LogP contribution in [-0.2, 0) is 6.42 Å². The Hall–Kier alpha value is -1.82. The predicted octanol–water partition coefficient (Wildman–Crippen LogP) is 1.93. The zero-order valence-corrected chi connectivity index (χ0v) is 10.7. The molecule has 0 aliphatic carbocycles. The molecule has 1 aromatic carbocycles. The number of nitrogens with zero attached hydrogens (tertiary/aromatic N) is 1. The van der Waals surface area contributed by atoms with E-state index in [4.69, 9.17) is 9.47 Å². The van der Waals surface area contributed by atoms with E-state index < -0.39 is 11.0 Å². The van der Waals surface area contributed by atoms with E-state index in [0.717, 1.165) is 0 Å². The fraction of sp³-hybridized carbons (Fsp3) is 0.500. The van der Waals surface area contributed by atoms with E-state index in [0.29, 0.717) is 23.5 Å². The highest BCUT2D eigenvalue weighted by Gasteiger charge is 2.20. The molecule has 1 aromatic rings. The van der Waals surface area contributed by atoms with Crippen molar-refractivity contribution in [1.29, 1.82) is 0 Å². The molecule has 0 saturated carbocycles. The van der Waals surface area contributed by atoms with Crippen molar-refractivity contribution in [2.24, 2.45) is 0 Å². The lowest BCUT2D eigenvalue weighted by molar-refractivity contribution is -0.385. The van der Waals surface area contributed by atoms with Gasteiger partial charge in [-0.25, -0.2) is 0 Å². The van der Waals surface area contributed by atoms with Gasteiger partial charge in [-0.15, -0.1) is 0 Å². The smallest absolute Gasteiger partial charge is 0.276 e. The average Bonchev–Trinajstić information content (AvgIpc) is 2.37. The first kappa shape index (κ1) is 14.2. The first-order chi connectivity index (χ1) is 8.53. The molecule has 0 heterocycles. The number of methoxy groups -OCH3 is 2. The van der Waals surface area contributed by atoms with E-state index in [1.165, 1.54) is 26.4 Å². The maximum Gasteiger partial charge on any atom is 0.276 e. The van der Waals surface area contributed by atoms with E-state index in [1.807, 2.05) is 6.92 Å².